The number of nitrogens with one attached hydrogen (secondary N) is 1. The Morgan fingerprint density at radius 2 is 2.23 bits per heavy atom. The van der Waals surface area contributed by atoms with E-state index < -0.39 is 0 Å². The van der Waals surface area contributed by atoms with Gasteiger partial charge in [0.05, 0.1) is 18.5 Å². The van der Waals surface area contributed by atoms with E-state index in [0.29, 0.717) is 0 Å². The van der Waals surface area contributed by atoms with Crippen LogP contribution < -0.4 is 0 Å². The minimum Gasteiger partial charge on any atom is -0.469 e. The van der Waals surface area contributed by atoms with Gasteiger partial charge in [0.25, 0.3) is 0 Å². The second-order valence-corrected chi connectivity index (χ2v) is 5.88. The molecule has 5 heteroatoms. The van der Waals surface area contributed by atoms with Crippen molar-refractivity contribution in [2.45, 2.75) is 25.2 Å². The van der Waals surface area contributed by atoms with Gasteiger partial charge in [0.1, 0.15) is 0 Å². The first-order valence-corrected chi connectivity index (χ1v) is 8.08. The van der Waals surface area contributed by atoms with Crippen molar-refractivity contribution in [1.29, 1.82) is 0 Å². The van der Waals surface area contributed by atoms with E-state index in [2.05, 4.69) is 22.0 Å². The molecule has 22 heavy (non-hydrogen) atoms. The summed E-state index contributed by atoms with van der Waals surface area (Å²) in [6.45, 7) is 1.77. The van der Waals surface area contributed by atoms with E-state index in [-0.39, 0.29) is 11.9 Å². The number of carbonyl (C=O) groups is 1. The molecule has 3 rings (SSSR count). The Balaban J connectivity index is 2.10. The number of carbonyl (C=O) groups excluding carboxylic acids is 1. The number of thiocarbonyl (C=S) groups is 1. The minimum atomic E-state index is -0.225. The van der Waals surface area contributed by atoms with Gasteiger partial charge in [-0.2, -0.15) is 0 Å². The number of H-pyrrole nitrogens is 1. The van der Waals surface area contributed by atoms with Gasteiger partial charge < -0.3 is 14.6 Å². The molecule has 1 aromatic heterocycles. The van der Waals surface area contributed by atoms with Gasteiger partial charge in [-0.05, 0) is 30.9 Å². The summed E-state index contributed by atoms with van der Waals surface area (Å²) in [4.78, 5) is 17.9. The van der Waals surface area contributed by atoms with E-state index in [9.17, 15) is 4.79 Å². The van der Waals surface area contributed by atoms with Crippen LogP contribution in [0, 0.1) is 0 Å². The summed E-state index contributed by atoms with van der Waals surface area (Å²) in [5.41, 5.74) is 5.04. The first kappa shape index (κ1) is 15.0. The molecule has 0 radical (unpaired) electrons. The molecule has 1 aromatic carbocycles. The van der Waals surface area contributed by atoms with Crippen LogP contribution in [-0.2, 0) is 16.0 Å². The molecular formula is C17H20N2O2S. The molecule has 0 spiro atoms. The fourth-order valence-electron chi connectivity index (χ4n) is 3.28. The highest BCUT2D eigenvalue weighted by molar-refractivity contribution is 7.78. The van der Waals surface area contributed by atoms with Crippen LogP contribution in [0.25, 0.3) is 10.9 Å². The van der Waals surface area contributed by atoms with Crippen LogP contribution in [0.5, 0.6) is 0 Å². The van der Waals surface area contributed by atoms with Gasteiger partial charge in [-0.15, -0.1) is 0 Å². The molecule has 2 heterocycles. The number of esters is 1. The van der Waals surface area contributed by atoms with Crippen LogP contribution in [0.1, 0.15) is 30.0 Å². The zero-order valence-electron chi connectivity index (χ0n) is 12.7. The smallest absolute Gasteiger partial charge is 0.314 e. The zero-order valence-corrected chi connectivity index (χ0v) is 13.5. The predicted octanol–water partition coefficient (Wildman–Crippen LogP) is 3.02. The summed E-state index contributed by atoms with van der Waals surface area (Å²) in [5, 5.41) is 1.19. The Labute approximate surface area is 135 Å². The highest BCUT2D eigenvalue weighted by Crippen LogP contribution is 2.32. The van der Waals surface area contributed by atoms with Crippen molar-refractivity contribution < 1.29 is 9.53 Å². The highest BCUT2D eigenvalue weighted by atomic mass is 32.1. The topological polar surface area (TPSA) is 45.3 Å². The molecule has 1 atom stereocenters. The lowest BCUT2D eigenvalue weighted by atomic mass is 9.95. The third kappa shape index (κ3) is 2.73. The maximum atomic E-state index is 12.3. The van der Waals surface area contributed by atoms with Crippen LogP contribution in [0.4, 0.5) is 0 Å². The first-order valence-electron chi connectivity index (χ1n) is 7.61. The van der Waals surface area contributed by atoms with E-state index >= 15 is 0 Å². The summed E-state index contributed by atoms with van der Waals surface area (Å²) in [7, 11) is 1.46. The van der Waals surface area contributed by atoms with Crippen molar-refractivity contribution in [3.05, 3.63) is 35.5 Å². The molecule has 1 N–H and O–H groups in total. The molecule has 0 fully saturated rings. The average molecular weight is 316 g/mol. The summed E-state index contributed by atoms with van der Waals surface area (Å²) in [6, 6.07) is 8.21. The average Bonchev–Trinajstić information content (AvgIpc) is 2.94. The molecule has 116 valence electrons. The van der Waals surface area contributed by atoms with Crippen LogP contribution in [-0.4, -0.2) is 41.5 Å². The molecule has 2 aromatic rings. The fourth-order valence-corrected chi connectivity index (χ4v) is 3.49. The molecule has 4 nitrogen and oxygen atoms in total. The van der Waals surface area contributed by atoms with E-state index in [4.69, 9.17) is 17.0 Å². The predicted molar refractivity (Wildman–Crippen MR) is 91.2 cm³/mol. The van der Waals surface area contributed by atoms with Crippen LogP contribution >= 0.6 is 12.2 Å². The van der Waals surface area contributed by atoms with Gasteiger partial charge in [-0.3, -0.25) is 4.79 Å². The van der Waals surface area contributed by atoms with E-state index in [1.54, 1.807) is 5.49 Å². The third-order valence-corrected chi connectivity index (χ3v) is 4.72. The summed E-state index contributed by atoms with van der Waals surface area (Å²) >= 11 is 5.10. The minimum absolute atomic E-state index is 0.163. The maximum Gasteiger partial charge on any atom is 0.314 e. The number of para-hydroxylation sites is 1. The molecule has 1 aliphatic heterocycles. The number of benzene rings is 1. The summed E-state index contributed by atoms with van der Waals surface area (Å²) in [5.74, 6) is -0.388. The van der Waals surface area contributed by atoms with Gasteiger partial charge in [0, 0.05) is 29.7 Å². The molecular weight excluding hydrogens is 296 g/mol. The second kappa shape index (κ2) is 6.48. The summed E-state index contributed by atoms with van der Waals surface area (Å²) < 4.78 is 5.03. The van der Waals surface area contributed by atoms with Crippen molar-refractivity contribution >= 4 is 34.6 Å². The number of ether oxygens (including phenoxy) is 1. The number of nitrogens with zero attached hydrogens (tertiary/aromatic N) is 1. The van der Waals surface area contributed by atoms with Gasteiger partial charge in [0.15, 0.2) is 0 Å². The Morgan fingerprint density at radius 3 is 3.00 bits per heavy atom. The normalized spacial score (nSPS) is 19.0. The molecule has 1 unspecified atom stereocenters. The van der Waals surface area contributed by atoms with Crippen LogP contribution in [0.2, 0.25) is 0 Å². The molecule has 1 aliphatic rings. The maximum absolute atomic E-state index is 12.3. The molecule has 0 amide bonds. The molecule has 0 bridgehead atoms. The zero-order chi connectivity index (χ0) is 15.5. The number of methoxy groups -OCH3 is 1. The Bertz CT molecular complexity index is 695. The lowest BCUT2D eigenvalue weighted by molar-refractivity contribution is -0.142. The van der Waals surface area contributed by atoms with E-state index in [0.717, 1.165) is 43.6 Å². The monoisotopic (exact) mass is 316 g/mol. The SMILES string of the molecule is COC(=O)C1CCCN(C=S)CCc2c1[nH]c1ccccc21. The van der Waals surface area contributed by atoms with Gasteiger partial charge in [-0.1, -0.05) is 30.4 Å². The lowest BCUT2D eigenvalue weighted by Crippen LogP contribution is -2.24. The van der Waals surface area contributed by atoms with Gasteiger partial charge in [0.2, 0.25) is 0 Å². The second-order valence-electron chi connectivity index (χ2n) is 5.67. The Hall–Kier alpha value is -1.88. The Morgan fingerprint density at radius 1 is 1.41 bits per heavy atom. The number of hydrogen-bond acceptors (Lipinski definition) is 3. The standard InChI is InChI=1S/C17H20N2O2S/c1-21-17(20)14-6-4-9-19(11-22)10-8-13-12-5-2-3-7-15(12)18-16(13)14/h2-3,5,7,11,14,18H,4,6,8-10H2,1H3. The van der Waals surface area contributed by atoms with Crippen LogP contribution in [0.15, 0.2) is 24.3 Å². The van der Waals surface area contributed by atoms with E-state index in [1.807, 2.05) is 12.1 Å². The number of aromatic amines is 1. The van der Waals surface area contributed by atoms with Gasteiger partial charge >= 0.3 is 5.97 Å². The third-order valence-electron chi connectivity index (χ3n) is 4.42. The van der Waals surface area contributed by atoms with E-state index in [1.165, 1.54) is 18.1 Å². The van der Waals surface area contributed by atoms with Crippen molar-refractivity contribution in [1.82, 2.24) is 9.88 Å². The quantitative estimate of drug-likeness (QED) is 0.683. The molecule has 0 aliphatic carbocycles. The molecule has 0 saturated carbocycles. The van der Waals surface area contributed by atoms with Crippen molar-refractivity contribution in [2.75, 3.05) is 20.2 Å². The lowest BCUT2D eigenvalue weighted by Gasteiger charge is -2.17. The number of fused-ring (bicyclic) bond motifs is 3. The summed E-state index contributed by atoms with van der Waals surface area (Å²) in [6.07, 6.45) is 2.56. The van der Waals surface area contributed by atoms with Gasteiger partial charge in [-0.25, -0.2) is 0 Å². The van der Waals surface area contributed by atoms with Crippen molar-refractivity contribution in [3.63, 3.8) is 0 Å². The molecule has 0 saturated heterocycles. The van der Waals surface area contributed by atoms with Crippen molar-refractivity contribution in [2.24, 2.45) is 0 Å². The Kier molecular flexibility index (Phi) is 4.43. The highest BCUT2D eigenvalue weighted by Gasteiger charge is 2.28. The number of rotatable bonds is 2. The fraction of sp³-hybridized carbons (Fsp3) is 0.412. The van der Waals surface area contributed by atoms with Crippen LogP contribution in [0.3, 0.4) is 0 Å². The largest absolute Gasteiger partial charge is 0.469 e. The number of aromatic nitrogens is 1. The number of hydrogen-bond donors (Lipinski definition) is 1. The first-order chi connectivity index (χ1) is 10.7. The van der Waals surface area contributed by atoms with Crippen molar-refractivity contribution in [3.8, 4) is 0 Å².